The topological polar surface area (TPSA) is 35.2 Å². The quantitative estimate of drug-likeness (QED) is 0.889. The fourth-order valence-corrected chi connectivity index (χ4v) is 2.06. The van der Waals surface area contributed by atoms with E-state index in [0.29, 0.717) is 13.2 Å². The van der Waals surface area contributed by atoms with Crippen molar-refractivity contribution in [3.05, 3.63) is 64.7 Å². The van der Waals surface area contributed by atoms with Crippen molar-refractivity contribution < 1.29 is 4.74 Å². The first-order valence-corrected chi connectivity index (χ1v) is 6.67. The maximum absolute atomic E-state index is 5.87. The lowest BCUT2D eigenvalue weighted by Gasteiger charge is -2.11. The molecule has 19 heavy (non-hydrogen) atoms. The van der Waals surface area contributed by atoms with Gasteiger partial charge in [-0.25, -0.2) is 0 Å². The van der Waals surface area contributed by atoms with Gasteiger partial charge in [0.1, 0.15) is 12.4 Å². The summed E-state index contributed by atoms with van der Waals surface area (Å²) in [6.07, 6.45) is 0.895. The summed E-state index contributed by atoms with van der Waals surface area (Å²) in [5, 5.41) is 0. The molecule has 0 heterocycles. The Kier molecular flexibility index (Phi) is 4.58. The Morgan fingerprint density at radius 1 is 0.947 bits per heavy atom. The number of hydrogen-bond donors (Lipinski definition) is 1. The lowest BCUT2D eigenvalue weighted by atomic mass is 10.1. The van der Waals surface area contributed by atoms with Gasteiger partial charge in [0.05, 0.1) is 0 Å². The zero-order chi connectivity index (χ0) is 13.7. The van der Waals surface area contributed by atoms with Crippen molar-refractivity contribution in [1.82, 2.24) is 0 Å². The maximum atomic E-state index is 5.87. The molecular weight excluding hydrogens is 234 g/mol. The first kappa shape index (κ1) is 13.6. The Morgan fingerprint density at radius 3 is 2.37 bits per heavy atom. The van der Waals surface area contributed by atoms with Gasteiger partial charge >= 0.3 is 0 Å². The van der Waals surface area contributed by atoms with E-state index in [2.05, 4.69) is 38.1 Å². The minimum atomic E-state index is 0.596. The number of ether oxygens (including phenoxy) is 1. The maximum Gasteiger partial charge on any atom is 0.120 e. The molecule has 2 aromatic rings. The van der Waals surface area contributed by atoms with E-state index in [1.807, 2.05) is 18.2 Å². The van der Waals surface area contributed by atoms with Crippen molar-refractivity contribution in [2.45, 2.75) is 26.9 Å². The molecule has 2 aromatic carbocycles. The van der Waals surface area contributed by atoms with Crippen LogP contribution in [0.25, 0.3) is 0 Å². The average molecular weight is 255 g/mol. The molecule has 0 spiro atoms. The highest BCUT2D eigenvalue weighted by molar-refractivity contribution is 5.34. The molecule has 0 aliphatic heterocycles. The number of benzene rings is 2. The van der Waals surface area contributed by atoms with Crippen LogP contribution >= 0.6 is 0 Å². The molecule has 0 unspecified atom stereocenters. The van der Waals surface area contributed by atoms with Crippen LogP contribution in [0.5, 0.6) is 5.75 Å². The van der Waals surface area contributed by atoms with Crippen molar-refractivity contribution >= 4 is 0 Å². The molecule has 0 saturated heterocycles. The Bertz CT molecular complexity index is 549. The van der Waals surface area contributed by atoms with E-state index in [0.717, 1.165) is 12.2 Å². The van der Waals surface area contributed by atoms with Gasteiger partial charge in [0, 0.05) is 0 Å². The van der Waals surface area contributed by atoms with Gasteiger partial charge in [-0.05, 0) is 61.2 Å². The zero-order valence-electron chi connectivity index (χ0n) is 11.6. The van der Waals surface area contributed by atoms with Crippen LogP contribution in [0.15, 0.2) is 42.5 Å². The second-order valence-corrected chi connectivity index (χ2v) is 4.84. The van der Waals surface area contributed by atoms with Gasteiger partial charge in [-0.3, -0.25) is 0 Å². The van der Waals surface area contributed by atoms with Crippen LogP contribution in [0.2, 0.25) is 0 Å². The Morgan fingerprint density at radius 2 is 1.68 bits per heavy atom. The molecule has 0 radical (unpaired) electrons. The highest BCUT2D eigenvalue weighted by Gasteiger charge is 2.03. The van der Waals surface area contributed by atoms with Crippen LogP contribution in [0, 0.1) is 13.8 Å². The van der Waals surface area contributed by atoms with Gasteiger partial charge in [0.15, 0.2) is 0 Å². The molecule has 0 aromatic heterocycles. The molecule has 2 N–H and O–H groups in total. The third kappa shape index (κ3) is 3.58. The van der Waals surface area contributed by atoms with Gasteiger partial charge in [0.2, 0.25) is 0 Å². The molecule has 0 saturated carbocycles. The Balaban J connectivity index is 2.07. The van der Waals surface area contributed by atoms with E-state index in [1.165, 1.54) is 22.3 Å². The van der Waals surface area contributed by atoms with E-state index in [1.54, 1.807) is 0 Å². The largest absolute Gasteiger partial charge is 0.489 e. The summed E-state index contributed by atoms with van der Waals surface area (Å²) in [5.41, 5.74) is 10.7. The molecule has 0 bridgehead atoms. The second kappa shape index (κ2) is 6.39. The molecular formula is C17H21NO. The van der Waals surface area contributed by atoms with Crippen molar-refractivity contribution in [2.24, 2.45) is 5.73 Å². The molecule has 0 aliphatic rings. The molecule has 0 fully saturated rings. The molecule has 0 atom stereocenters. The molecule has 0 amide bonds. The third-order valence-corrected chi connectivity index (χ3v) is 3.40. The number of nitrogens with two attached hydrogens (primary N) is 1. The number of aryl methyl sites for hydroxylation is 2. The molecule has 100 valence electrons. The molecule has 2 nitrogen and oxygen atoms in total. The first-order valence-electron chi connectivity index (χ1n) is 6.67. The fourth-order valence-electron chi connectivity index (χ4n) is 2.06. The van der Waals surface area contributed by atoms with Crippen molar-refractivity contribution in [3.8, 4) is 5.75 Å². The lowest BCUT2D eigenvalue weighted by Crippen LogP contribution is -2.07. The van der Waals surface area contributed by atoms with E-state index in [9.17, 15) is 0 Å². The second-order valence-electron chi connectivity index (χ2n) is 4.84. The van der Waals surface area contributed by atoms with E-state index >= 15 is 0 Å². The summed E-state index contributed by atoms with van der Waals surface area (Å²) in [4.78, 5) is 0. The van der Waals surface area contributed by atoms with Gasteiger partial charge in [-0.1, -0.05) is 30.3 Å². The summed E-state index contributed by atoms with van der Waals surface area (Å²) in [6, 6.07) is 14.5. The predicted octanol–water partition coefficient (Wildman–Crippen LogP) is 3.38. The van der Waals surface area contributed by atoms with Crippen LogP contribution in [0.4, 0.5) is 0 Å². The van der Waals surface area contributed by atoms with E-state index < -0.39 is 0 Å². The number of hydrogen-bond acceptors (Lipinski definition) is 2. The van der Waals surface area contributed by atoms with E-state index in [4.69, 9.17) is 10.5 Å². The standard InChI is InChI=1S/C17H21NO/c1-13-7-8-17(11-14(13)2)19-12-16-6-4-3-5-15(16)9-10-18/h3-8,11H,9-10,12,18H2,1-2H3. The fraction of sp³-hybridized carbons (Fsp3) is 0.294. The van der Waals surface area contributed by atoms with Crippen molar-refractivity contribution in [1.29, 1.82) is 0 Å². The summed E-state index contributed by atoms with van der Waals surface area (Å²) in [6.45, 7) is 5.47. The van der Waals surface area contributed by atoms with Crippen molar-refractivity contribution in [3.63, 3.8) is 0 Å². The Labute approximate surface area is 115 Å². The van der Waals surface area contributed by atoms with Gasteiger partial charge in [-0.15, -0.1) is 0 Å². The van der Waals surface area contributed by atoms with Crippen LogP contribution in [0.1, 0.15) is 22.3 Å². The highest BCUT2D eigenvalue weighted by atomic mass is 16.5. The third-order valence-electron chi connectivity index (χ3n) is 3.40. The van der Waals surface area contributed by atoms with Gasteiger partial charge in [0.25, 0.3) is 0 Å². The Hall–Kier alpha value is -1.80. The minimum absolute atomic E-state index is 0.596. The number of rotatable bonds is 5. The van der Waals surface area contributed by atoms with Crippen LogP contribution in [0.3, 0.4) is 0 Å². The molecule has 2 rings (SSSR count). The van der Waals surface area contributed by atoms with Crippen LogP contribution in [-0.2, 0) is 13.0 Å². The predicted molar refractivity (Wildman–Crippen MR) is 79.4 cm³/mol. The minimum Gasteiger partial charge on any atom is -0.489 e. The SMILES string of the molecule is Cc1ccc(OCc2ccccc2CCN)cc1C. The highest BCUT2D eigenvalue weighted by Crippen LogP contribution is 2.19. The lowest BCUT2D eigenvalue weighted by molar-refractivity contribution is 0.304. The average Bonchev–Trinajstić information content (AvgIpc) is 2.42. The zero-order valence-corrected chi connectivity index (χ0v) is 11.6. The molecule has 0 aliphatic carbocycles. The first-order chi connectivity index (χ1) is 9.20. The summed E-state index contributed by atoms with van der Waals surface area (Å²) in [5.74, 6) is 0.922. The van der Waals surface area contributed by atoms with Gasteiger partial charge < -0.3 is 10.5 Å². The van der Waals surface area contributed by atoms with Crippen LogP contribution < -0.4 is 10.5 Å². The summed E-state index contributed by atoms with van der Waals surface area (Å²) in [7, 11) is 0. The summed E-state index contributed by atoms with van der Waals surface area (Å²) >= 11 is 0. The summed E-state index contributed by atoms with van der Waals surface area (Å²) < 4.78 is 5.87. The van der Waals surface area contributed by atoms with Crippen LogP contribution in [-0.4, -0.2) is 6.54 Å². The van der Waals surface area contributed by atoms with Gasteiger partial charge in [-0.2, -0.15) is 0 Å². The van der Waals surface area contributed by atoms with Crippen molar-refractivity contribution in [2.75, 3.05) is 6.54 Å². The molecule has 2 heteroatoms. The normalized spacial score (nSPS) is 10.5. The monoisotopic (exact) mass is 255 g/mol. The van der Waals surface area contributed by atoms with E-state index in [-0.39, 0.29) is 0 Å². The smallest absolute Gasteiger partial charge is 0.120 e.